The molecule has 3 aliphatic carbocycles. The molecule has 3 aliphatic rings. The average molecular weight is 969 g/mol. The fourth-order valence-electron chi connectivity index (χ4n) is 11.7. The molecule has 2 atom stereocenters. The van der Waals surface area contributed by atoms with Gasteiger partial charge in [0.05, 0.1) is 0 Å². The minimum atomic E-state index is 0.120. The summed E-state index contributed by atoms with van der Waals surface area (Å²) in [5.74, 6) is 4.12. The van der Waals surface area contributed by atoms with Crippen LogP contribution in [0.2, 0.25) is 0 Å². The van der Waals surface area contributed by atoms with Gasteiger partial charge in [0.15, 0.2) is 34.9 Å². The van der Waals surface area contributed by atoms with E-state index in [4.69, 9.17) is 29.9 Å². The van der Waals surface area contributed by atoms with Gasteiger partial charge in [0.25, 0.3) is 0 Å². The Morgan fingerprint density at radius 1 is 0.197 bits per heavy atom. The van der Waals surface area contributed by atoms with Gasteiger partial charge in [-0.2, -0.15) is 0 Å². The number of aromatic nitrogens is 6. The number of rotatable bonds is 8. The van der Waals surface area contributed by atoms with Crippen molar-refractivity contribution in [2.24, 2.45) is 0 Å². The van der Waals surface area contributed by atoms with Gasteiger partial charge in [-0.1, -0.05) is 243 Å². The predicted molar refractivity (Wildman–Crippen MR) is 306 cm³/mol. The molecular formula is C70H44N6. The minimum absolute atomic E-state index is 0.120. The second-order valence-electron chi connectivity index (χ2n) is 19.7. The third-order valence-corrected chi connectivity index (χ3v) is 15.4. The van der Waals surface area contributed by atoms with Crippen LogP contribution in [0.3, 0.4) is 0 Å². The molecule has 0 fully saturated rings. The van der Waals surface area contributed by atoms with Crippen molar-refractivity contribution in [3.63, 3.8) is 0 Å². The van der Waals surface area contributed by atoms with Gasteiger partial charge < -0.3 is 0 Å². The highest BCUT2D eigenvalue weighted by Gasteiger charge is 2.41. The van der Waals surface area contributed by atoms with Crippen LogP contribution in [0.25, 0.3) is 112 Å². The summed E-state index contributed by atoms with van der Waals surface area (Å²) >= 11 is 0. The predicted octanol–water partition coefficient (Wildman–Crippen LogP) is 16.7. The molecule has 0 N–H and O–H groups in total. The summed E-state index contributed by atoms with van der Waals surface area (Å²) in [6.45, 7) is 0. The monoisotopic (exact) mass is 968 g/mol. The van der Waals surface area contributed by atoms with Crippen LogP contribution >= 0.6 is 0 Å². The van der Waals surface area contributed by atoms with Gasteiger partial charge in [-0.25, -0.2) is 29.9 Å². The SMILES string of the molecule is c1ccc(-c2nc(-c3ccc(-c4ccc5c(c4)C4c6ccccc6C5c5cc(-c6ccc(-c7nc(-c8ccccc8)nc(-c8cccc9ccccc89)n7)cc6)ccc54)cc3)nc(-c3cccc4ccccc34)n2)cc1. The van der Waals surface area contributed by atoms with E-state index in [9.17, 15) is 0 Å². The number of hydrogen-bond acceptors (Lipinski definition) is 6. The van der Waals surface area contributed by atoms with Crippen molar-refractivity contribution in [2.45, 2.75) is 11.8 Å². The van der Waals surface area contributed by atoms with Gasteiger partial charge in [-0.05, 0) is 89.3 Å². The van der Waals surface area contributed by atoms with E-state index >= 15 is 0 Å². The average Bonchev–Trinajstić information content (AvgIpc) is 3.62. The van der Waals surface area contributed by atoms with E-state index in [2.05, 4.69) is 218 Å². The Hall–Kier alpha value is -10.0. The van der Waals surface area contributed by atoms with E-state index in [1.807, 2.05) is 36.4 Å². The quantitative estimate of drug-likeness (QED) is 0.151. The molecule has 6 heteroatoms. The lowest BCUT2D eigenvalue weighted by molar-refractivity contribution is 0.755. The van der Waals surface area contributed by atoms with Crippen molar-refractivity contribution in [3.8, 4) is 90.6 Å². The molecule has 0 spiro atoms. The van der Waals surface area contributed by atoms with Crippen LogP contribution in [-0.4, -0.2) is 29.9 Å². The Morgan fingerprint density at radius 3 is 0.921 bits per heavy atom. The number of fused-ring (bicyclic) bond motifs is 2. The highest BCUT2D eigenvalue weighted by Crippen LogP contribution is 2.57. The molecule has 0 saturated carbocycles. The molecule has 0 radical (unpaired) electrons. The Morgan fingerprint density at radius 2 is 0.500 bits per heavy atom. The first-order valence-electron chi connectivity index (χ1n) is 25.8. The molecule has 354 valence electrons. The van der Waals surface area contributed by atoms with E-state index in [-0.39, 0.29) is 11.8 Å². The van der Waals surface area contributed by atoms with Crippen LogP contribution in [0.5, 0.6) is 0 Å². The van der Waals surface area contributed by atoms with Gasteiger partial charge in [0.2, 0.25) is 0 Å². The van der Waals surface area contributed by atoms with E-state index < -0.39 is 0 Å². The third kappa shape index (κ3) is 7.41. The van der Waals surface area contributed by atoms with Crippen molar-refractivity contribution < 1.29 is 0 Å². The molecule has 2 unspecified atom stereocenters. The highest BCUT2D eigenvalue weighted by atomic mass is 15.0. The van der Waals surface area contributed by atoms with Crippen LogP contribution in [0.15, 0.2) is 255 Å². The second-order valence-corrected chi connectivity index (χ2v) is 19.7. The zero-order chi connectivity index (χ0) is 50.1. The summed E-state index contributed by atoms with van der Waals surface area (Å²) in [4.78, 5) is 30.4. The highest BCUT2D eigenvalue weighted by molar-refractivity contribution is 5.96. The van der Waals surface area contributed by atoms with Crippen LogP contribution in [-0.2, 0) is 0 Å². The molecule has 2 bridgehead atoms. The molecule has 0 saturated heterocycles. The summed E-state index contributed by atoms with van der Waals surface area (Å²) in [5.41, 5.74) is 18.6. The van der Waals surface area contributed by atoms with Crippen LogP contribution in [0.4, 0.5) is 0 Å². The van der Waals surface area contributed by atoms with Crippen LogP contribution in [0.1, 0.15) is 45.2 Å². The maximum atomic E-state index is 5.12. The topological polar surface area (TPSA) is 77.3 Å². The maximum Gasteiger partial charge on any atom is 0.164 e. The summed E-state index contributed by atoms with van der Waals surface area (Å²) in [5, 5.41) is 4.51. The van der Waals surface area contributed by atoms with E-state index in [1.54, 1.807) is 0 Å². The number of benzene rings is 11. The van der Waals surface area contributed by atoms with Gasteiger partial charge >= 0.3 is 0 Å². The molecule has 13 aromatic rings. The molecule has 16 rings (SSSR count). The van der Waals surface area contributed by atoms with E-state index in [0.717, 1.165) is 66.1 Å². The maximum absolute atomic E-state index is 5.12. The standard InChI is InChI=1S/C70H44N6/c1-3-17-47(18-4-1)65-71-67(75-69(73-65)59-27-13-21-45-15-7-9-23-53(45)59)49-33-29-43(30-34-49)51-37-39-57-61(41-51)63-55-25-11-12-26-56(55)64(57)62-42-52(38-40-58(62)63)44-31-35-50(36-32-44)68-72-66(48-19-5-2-6-20-48)74-70(76-68)60-28-14-22-46-16-8-10-24-54(46)60/h1-42,63-64H. The lowest BCUT2D eigenvalue weighted by atomic mass is 9.60. The fourth-order valence-corrected chi connectivity index (χ4v) is 11.7. The zero-order valence-electron chi connectivity index (χ0n) is 41.1. The summed E-state index contributed by atoms with van der Waals surface area (Å²) in [6, 6.07) is 90.3. The Balaban J connectivity index is 0.755. The molecule has 76 heavy (non-hydrogen) atoms. The van der Waals surface area contributed by atoms with E-state index in [1.165, 1.54) is 44.5 Å². The lowest BCUT2D eigenvalue weighted by Crippen LogP contribution is -2.27. The summed E-state index contributed by atoms with van der Waals surface area (Å²) in [7, 11) is 0. The molecule has 2 aromatic heterocycles. The molecule has 6 nitrogen and oxygen atoms in total. The van der Waals surface area contributed by atoms with Gasteiger partial charge in [0, 0.05) is 45.2 Å². The first-order valence-corrected chi connectivity index (χ1v) is 25.8. The molecular weight excluding hydrogens is 925 g/mol. The molecule has 0 aliphatic heterocycles. The summed E-state index contributed by atoms with van der Waals surface area (Å²) < 4.78 is 0. The third-order valence-electron chi connectivity index (χ3n) is 15.4. The largest absolute Gasteiger partial charge is 0.208 e. The van der Waals surface area contributed by atoms with Crippen molar-refractivity contribution in [1.29, 1.82) is 0 Å². The van der Waals surface area contributed by atoms with Crippen molar-refractivity contribution in [2.75, 3.05) is 0 Å². The van der Waals surface area contributed by atoms with Crippen molar-refractivity contribution >= 4 is 21.5 Å². The van der Waals surface area contributed by atoms with Gasteiger partial charge in [-0.3, -0.25) is 0 Å². The smallest absolute Gasteiger partial charge is 0.164 e. The van der Waals surface area contributed by atoms with E-state index in [0.29, 0.717) is 34.9 Å². The second kappa shape index (κ2) is 17.9. The Bertz CT molecular complexity index is 4110. The molecule has 0 amide bonds. The first kappa shape index (κ1) is 43.5. The van der Waals surface area contributed by atoms with Crippen LogP contribution in [0, 0.1) is 0 Å². The number of hydrogen-bond donors (Lipinski definition) is 0. The van der Waals surface area contributed by atoms with Crippen LogP contribution < -0.4 is 0 Å². The Labute approximate surface area is 439 Å². The van der Waals surface area contributed by atoms with Crippen molar-refractivity contribution in [1.82, 2.24) is 29.9 Å². The minimum Gasteiger partial charge on any atom is -0.208 e. The Kier molecular flexibility index (Phi) is 10.2. The van der Waals surface area contributed by atoms with Gasteiger partial charge in [0.1, 0.15) is 0 Å². The fraction of sp³-hybridized carbons (Fsp3) is 0.0286. The van der Waals surface area contributed by atoms with Crippen molar-refractivity contribution in [3.05, 3.63) is 288 Å². The number of nitrogens with zero attached hydrogens (tertiary/aromatic N) is 6. The zero-order valence-corrected chi connectivity index (χ0v) is 41.1. The molecule has 11 aromatic carbocycles. The normalized spacial score (nSPS) is 14.1. The van der Waals surface area contributed by atoms with Gasteiger partial charge in [-0.15, -0.1) is 0 Å². The first-order chi connectivity index (χ1) is 37.6. The molecule has 2 heterocycles. The lowest BCUT2D eigenvalue weighted by Gasteiger charge is -2.42. The summed E-state index contributed by atoms with van der Waals surface area (Å²) in [6.07, 6.45) is 0.